The highest BCUT2D eigenvalue weighted by atomic mass is 16.2. The van der Waals surface area contributed by atoms with Crippen molar-refractivity contribution in [2.45, 2.75) is 12.8 Å². The predicted octanol–water partition coefficient (Wildman–Crippen LogP) is 2.83. The number of nitrogens with zero attached hydrogens (tertiary/aromatic N) is 1. The lowest BCUT2D eigenvalue weighted by Crippen LogP contribution is -2.44. The third kappa shape index (κ3) is 3.28. The number of carbonyl (C=O) groups is 2. The Morgan fingerprint density at radius 3 is 2.48 bits per heavy atom. The van der Waals surface area contributed by atoms with E-state index < -0.39 is 0 Å². The number of hydrogen-bond donors (Lipinski definition) is 2. The summed E-state index contributed by atoms with van der Waals surface area (Å²) in [6, 6.07) is 13.8. The Hall–Kier alpha value is -2.56. The Kier molecular flexibility index (Phi) is 4.46. The topological polar surface area (TPSA) is 61.4 Å². The van der Waals surface area contributed by atoms with Crippen molar-refractivity contribution in [2.24, 2.45) is 5.92 Å². The Bertz CT molecular complexity index is 716. The summed E-state index contributed by atoms with van der Waals surface area (Å²) in [5.74, 6) is 0.0840. The number of rotatable bonds is 2. The van der Waals surface area contributed by atoms with Crippen LogP contribution < -0.4 is 10.6 Å². The molecule has 5 nitrogen and oxygen atoms in total. The molecule has 1 aliphatic rings. The minimum Gasteiger partial charge on any atom is -0.359 e. The molecule has 0 aliphatic carbocycles. The molecule has 0 atom stereocenters. The standard InChI is InChI=1S/C18H21N3O2/c1-19-17(22)14-9-11-21(12-10-14)18(23)20-16-8-4-6-13-5-2-3-7-15(13)16/h2-8,14H,9-12H2,1H3,(H,19,22)(H,20,23). The van der Waals surface area contributed by atoms with E-state index in [4.69, 9.17) is 0 Å². The molecule has 0 aromatic heterocycles. The van der Waals surface area contributed by atoms with Crippen molar-refractivity contribution < 1.29 is 9.59 Å². The van der Waals surface area contributed by atoms with Gasteiger partial charge >= 0.3 is 6.03 Å². The van der Waals surface area contributed by atoms with E-state index in [0.717, 1.165) is 16.5 Å². The second kappa shape index (κ2) is 6.69. The van der Waals surface area contributed by atoms with Crippen molar-refractivity contribution in [1.29, 1.82) is 0 Å². The summed E-state index contributed by atoms with van der Waals surface area (Å²) in [5.41, 5.74) is 0.821. The fraction of sp³-hybridized carbons (Fsp3) is 0.333. The average molecular weight is 311 g/mol. The number of amides is 3. The van der Waals surface area contributed by atoms with Crippen LogP contribution in [-0.2, 0) is 4.79 Å². The molecule has 2 aromatic rings. The summed E-state index contributed by atoms with van der Waals surface area (Å²) < 4.78 is 0. The van der Waals surface area contributed by atoms with Gasteiger partial charge in [0.2, 0.25) is 5.91 Å². The van der Waals surface area contributed by atoms with Gasteiger partial charge in [-0.15, -0.1) is 0 Å². The summed E-state index contributed by atoms with van der Waals surface area (Å²) in [5, 5.41) is 7.81. The summed E-state index contributed by atoms with van der Waals surface area (Å²) in [6.07, 6.45) is 1.42. The monoisotopic (exact) mass is 311 g/mol. The van der Waals surface area contributed by atoms with Gasteiger partial charge in [0, 0.05) is 31.4 Å². The van der Waals surface area contributed by atoms with E-state index in [0.29, 0.717) is 25.9 Å². The number of piperidine rings is 1. The Balaban J connectivity index is 1.67. The molecule has 0 spiro atoms. The zero-order chi connectivity index (χ0) is 16.2. The van der Waals surface area contributed by atoms with Gasteiger partial charge in [0.25, 0.3) is 0 Å². The minimum atomic E-state index is -0.100. The molecule has 3 amide bonds. The smallest absolute Gasteiger partial charge is 0.321 e. The van der Waals surface area contributed by atoms with Gasteiger partial charge in [-0.2, -0.15) is 0 Å². The number of hydrogen-bond acceptors (Lipinski definition) is 2. The second-order valence-electron chi connectivity index (χ2n) is 5.83. The van der Waals surface area contributed by atoms with E-state index in [-0.39, 0.29) is 17.9 Å². The summed E-state index contributed by atoms with van der Waals surface area (Å²) in [6.45, 7) is 1.21. The molecule has 23 heavy (non-hydrogen) atoms. The Morgan fingerprint density at radius 1 is 1.04 bits per heavy atom. The van der Waals surface area contributed by atoms with Crippen molar-refractivity contribution in [3.63, 3.8) is 0 Å². The largest absolute Gasteiger partial charge is 0.359 e. The number of carbonyl (C=O) groups excluding carboxylic acids is 2. The van der Waals surface area contributed by atoms with Crippen LogP contribution in [-0.4, -0.2) is 37.0 Å². The first-order valence-corrected chi connectivity index (χ1v) is 7.94. The SMILES string of the molecule is CNC(=O)C1CCN(C(=O)Nc2cccc3ccccc23)CC1. The van der Waals surface area contributed by atoms with Gasteiger partial charge in [-0.1, -0.05) is 36.4 Å². The molecule has 1 fully saturated rings. The van der Waals surface area contributed by atoms with Crippen LogP contribution in [0.5, 0.6) is 0 Å². The van der Waals surface area contributed by atoms with Gasteiger partial charge in [0.05, 0.1) is 5.69 Å². The van der Waals surface area contributed by atoms with Crippen LogP contribution >= 0.6 is 0 Å². The van der Waals surface area contributed by atoms with Crippen LogP contribution in [0.4, 0.5) is 10.5 Å². The van der Waals surface area contributed by atoms with E-state index in [9.17, 15) is 9.59 Å². The Labute approximate surface area is 135 Å². The summed E-state index contributed by atoms with van der Waals surface area (Å²) in [4.78, 5) is 25.9. The molecule has 1 heterocycles. The number of likely N-dealkylation sites (tertiary alicyclic amines) is 1. The van der Waals surface area contributed by atoms with Crippen LogP contribution in [0.1, 0.15) is 12.8 Å². The maximum absolute atomic E-state index is 12.5. The van der Waals surface area contributed by atoms with Crippen LogP contribution in [0.15, 0.2) is 42.5 Å². The molecule has 5 heteroatoms. The van der Waals surface area contributed by atoms with E-state index in [2.05, 4.69) is 10.6 Å². The van der Waals surface area contributed by atoms with Crippen molar-refractivity contribution in [3.8, 4) is 0 Å². The van der Waals surface area contributed by atoms with Crippen LogP contribution in [0.25, 0.3) is 10.8 Å². The zero-order valence-corrected chi connectivity index (χ0v) is 13.2. The van der Waals surface area contributed by atoms with E-state index in [1.54, 1.807) is 11.9 Å². The molecule has 0 unspecified atom stereocenters. The van der Waals surface area contributed by atoms with Gasteiger partial charge in [-0.3, -0.25) is 4.79 Å². The predicted molar refractivity (Wildman–Crippen MR) is 91.3 cm³/mol. The van der Waals surface area contributed by atoms with Gasteiger partial charge in [-0.25, -0.2) is 4.79 Å². The van der Waals surface area contributed by atoms with E-state index in [1.807, 2.05) is 42.5 Å². The molecular formula is C18H21N3O2. The van der Waals surface area contributed by atoms with Crippen LogP contribution in [0.3, 0.4) is 0 Å². The van der Waals surface area contributed by atoms with Crippen molar-refractivity contribution in [1.82, 2.24) is 10.2 Å². The molecular weight excluding hydrogens is 290 g/mol. The fourth-order valence-electron chi connectivity index (χ4n) is 3.08. The number of urea groups is 1. The second-order valence-corrected chi connectivity index (χ2v) is 5.83. The molecule has 120 valence electrons. The van der Waals surface area contributed by atoms with Crippen LogP contribution in [0.2, 0.25) is 0 Å². The first-order chi connectivity index (χ1) is 11.2. The fourth-order valence-corrected chi connectivity index (χ4v) is 3.08. The highest BCUT2D eigenvalue weighted by molar-refractivity contribution is 6.01. The maximum Gasteiger partial charge on any atom is 0.321 e. The molecule has 3 rings (SSSR count). The molecule has 0 saturated carbocycles. The van der Waals surface area contributed by atoms with Crippen molar-refractivity contribution in [2.75, 3.05) is 25.5 Å². The highest BCUT2D eigenvalue weighted by Crippen LogP contribution is 2.24. The number of anilines is 1. The molecule has 1 aliphatic heterocycles. The number of benzene rings is 2. The maximum atomic E-state index is 12.5. The van der Waals surface area contributed by atoms with E-state index in [1.165, 1.54) is 0 Å². The summed E-state index contributed by atoms with van der Waals surface area (Å²) in [7, 11) is 1.65. The molecule has 0 bridgehead atoms. The van der Waals surface area contributed by atoms with Crippen LogP contribution in [0, 0.1) is 5.92 Å². The van der Waals surface area contributed by atoms with E-state index >= 15 is 0 Å². The zero-order valence-electron chi connectivity index (χ0n) is 13.2. The third-order valence-electron chi connectivity index (χ3n) is 4.43. The van der Waals surface area contributed by atoms with Crippen molar-refractivity contribution in [3.05, 3.63) is 42.5 Å². The van der Waals surface area contributed by atoms with Crippen molar-refractivity contribution >= 4 is 28.4 Å². The Morgan fingerprint density at radius 2 is 1.74 bits per heavy atom. The summed E-state index contributed by atoms with van der Waals surface area (Å²) >= 11 is 0. The average Bonchev–Trinajstić information content (AvgIpc) is 2.61. The van der Waals surface area contributed by atoms with Gasteiger partial charge in [0.1, 0.15) is 0 Å². The molecule has 1 saturated heterocycles. The number of nitrogens with one attached hydrogen (secondary N) is 2. The molecule has 2 aromatic carbocycles. The van der Waals surface area contributed by atoms with Gasteiger partial charge in [-0.05, 0) is 24.3 Å². The van der Waals surface area contributed by atoms with Gasteiger partial charge in [0.15, 0.2) is 0 Å². The first kappa shape index (κ1) is 15.3. The minimum absolute atomic E-state index is 0.0154. The quantitative estimate of drug-likeness (QED) is 0.896. The lowest BCUT2D eigenvalue weighted by molar-refractivity contribution is -0.125. The number of fused-ring (bicyclic) bond motifs is 1. The lowest BCUT2D eigenvalue weighted by atomic mass is 9.96. The first-order valence-electron chi connectivity index (χ1n) is 7.94. The van der Waals surface area contributed by atoms with Gasteiger partial charge < -0.3 is 15.5 Å². The highest BCUT2D eigenvalue weighted by Gasteiger charge is 2.26. The normalized spacial score (nSPS) is 15.4. The third-order valence-corrected chi connectivity index (χ3v) is 4.43. The molecule has 0 radical (unpaired) electrons. The molecule has 2 N–H and O–H groups in total. The lowest BCUT2D eigenvalue weighted by Gasteiger charge is -2.31.